The zero-order valence-corrected chi connectivity index (χ0v) is 8.56. The molecular weight excluding hydrogens is 186 g/mol. The highest BCUT2D eigenvalue weighted by molar-refractivity contribution is 6.09. The van der Waals surface area contributed by atoms with E-state index in [1.54, 1.807) is 6.20 Å². The van der Waals surface area contributed by atoms with Gasteiger partial charge in [-0.25, -0.2) is 0 Å². The number of anilines is 1. The Kier molecular flexibility index (Phi) is 2.72. The molecule has 4 N–H and O–H groups in total. The summed E-state index contributed by atoms with van der Waals surface area (Å²) in [6.45, 7) is 0. The average molecular weight is 201 g/mol. The molecule has 0 spiro atoms. The molecule has 1 aliphatic rings. The first kappa shape index (κ1) is 9.77. The Labute approximate surface area is 89.5 Å². The number of aliphatic imine (C=N–C) groups is 1. The predicted molar refractivity (Wildman–Crippen MR) is 64.5 cm³/mol. The van der Waals surface area contributed by atoms with E-state index in [1.165, 1.54) is 12.8 Å². The lowest BCUT2D eigenvalue weighted by Crippen LogP contribution is -1.93. The quantitative estimate of drug-likeness (QED) is 0.578. The molecule has 0 bridgehead atoms. The second kappa shape index (κ2) is 4.17. The van der Waals surface area contributed by atoms with Crippen molar-refractivity contribution < 1.29 is 0 Å². The van der Waals surface area contributed by atoms with Gasteiger partial charge in [-0.1, -0.05) is 12.1 Å². The van der Waals surface area contributed by atoms with E-state index in [1.807, 2.05) is 30.5 Å². The number of nitrogens with two attached hydrogens (primary N) is 2. The highest BCUT2D eigenvalue weighted by atomic mass is 14.8. The van der Waals surface area contributed by atoms with Crippen molar-refractivity contribution in [2.45, 2.75) is 18.9 Å². The number of nitrogens with zero attached hydrogens (tertiary/aromatic N) is 1. The molecular formula is C12H15N3. The largest absolute Gasteiger partial charge is 0.404 e. The first-order valence-corrected chi connectivity index (χ1v) is 5.10. The number of rotatable bonds is 3. The number of nitrogen functional groups attached to an aromatic ring is 1. The van der Waals surface area contributed by atoms with Crippen LogP contribution in [0.5, 0.6) is 0 Å². The number of hydrogen-bond donors (Lipinski definition) is 2. The van der Waals surface area contributed by atoms with Crippen molar-refractivity contribution in [3.63, 3.8) is 0 Å². The SMILES string of the molecule is NC=C(C=NC1CC1)c1ccc(N)cc1. The van der Waals surface area contributed by atoms with Gasteiger partial charge in [0.2, 0.25) is 0 Å². The molecule has 0 saturated heterocycles. The maximum atomic E-state index is 5.62. The van der Waals surface area contributed by atoms with Crippen molar-refractivity contribution in [2.75, 3.05) is 5.73 Å². The van der Waals surface area contributed by atoms with Crippen LogP contribution in [0, 0.1) is 0 Å². The highest BCUT2D eigenvalue weighted by Gasteiger charge is 2.18. The molecule has 1 aliphatic carbocycles. The lowest BCUT2D eigenvalue weighted by atomic mass is 10.1. The summed E-state index contributed by atoms with van der Waals surface area (Å²) in [7, 11) is 0. The molecule has 1 saturated carbocycles. The second-order valence-electron chi connectivity index (χ2n) is 3.75. The van der Waals surface area contributed by atoms with Gasteiger partial charge in [0.05, 0.1) is 6.04 Å². The zero-order chi connectivity index (χ0) is 10.7. The lowest BCUT2D eigenvalue weighted by Gasteiger charge is -2.01. The molecule has 2 rings (SSSR count). The third kappa shape index (κ3) is 2.59. The maximum Gasteiger partial charge on any atom is 0.0501 e. The molecule has 0 atom stereocenters. The smallest absolute Gasteiger partial charge is 0.0501 e. The van der Waals surface area contributed by atoms with Crippen molar-refractivity contribution >= 4 is 17.5 Å². The maximum absolute atomic E-state index is 5.62. The Morgan fingerprint density at radius 1 is 1.27 bits per heavy atom. The third-order valence-electron chi connectivity index (χ3n) is 2.39. The molecule has 0 radical (unpaired) electrons. The fourth-order valence-corrected chi connectivity index (χ4v) is 1.30. The van der Waals surface area contributed by atoms with Crippen molar-refractivity contribution in [1.29, 1.82) is 0 Å². The summed E-state index contributed by atoms with van der Waals surface area (Å²) in [5.41, 5.74) is 13.9. The summed E-state index contributed by atoms with van der Waals surface area (Å²) in [5.74, 6) is 0. The summed E-state index contributed by atoms with van der Waals surface area (Å²) in [6.07, 6.45) is 5.84. The van der Waals surface area contributed by atoms with Gasteiger partial charge in [0, 0.05) is 23.7 Å². The lowest BCUT2D eigenvalue weighted by molar-refractivity contribution is 1.08. The number of benzene rings is 1. The van der Waals surface area contributed by atoms with Crippen molar-refractivity contribution in [3.05, 3.63) is 36.0 Å². The van der Waals surface area contributed by atoms with Crippen LogP contribution < -0.4 is 11.5 Å². The topological polar surface area (TPSA) is 64.4 Å². The summed E-state index contributed by atoms with van der Waals surface area (Å²) in [5, 5.41) is 0. The molecule has 78 valence electrons. The Balaban J connectivity index is 2.15. The number of hydrogen-bond acceptors (Lipinski definition) is 3. The molecule has 1 aromatic rings. The minimum atomic E-state index is 0.522. The van der Waals surface area contributed by atoms with Crippen LogP contribution in [-0.2, 0) is 0 Å². The molecule has 0 unspecified atom stereocenters. The Hall–Kier alpha value is -1.77. The van der Waals surface area contributed by atoms with E-state index in [-0.39, 0.29) is 0 Å². The van der Waals surface area contributed by atoms with Crippen molar-refractivity contribution in [1.82, 2.24) is 0 Å². The number of allylic oxidation sites excluding steroid dienone is 1. The van der Waals surface area contributed by atoms with Crippen LogP contribution in [0.15, 0.2) is 35.5 Å². The molecule has 0 aromatic heterocycles. The van der Waals surface area contributed by atoms with Crippen molar-refractivity contribution in [3.8, 4) is 0 Å². The van der Waals surface area contributed by atoms with E-state index in [4.69, 9.17) is 11.5 Å². The molecule has 0 amide bonds. The fraction of sp³-hybridized carbons (Fsp3) is 0.250. The first-order valence-electron chi connectivity index (χ1n) is 5.10. The minimum Gasteiger partial charge on any atom is -0.404 e. The third-order valence-corrected chi connectivity index (χ3v) is 2.39. The second-order valence-corrected chi connectivity index (χ2v) is 3.75. The van der Waals surface area contributed by atoms with Gasteiger partial charge in [-0.3, -0.25) is 4.99 Å². The van der Waals surface area contributed by atoms with E-state index < -0.39 is 0 Å². The van der Waals surface area contributed by atoms with Gasteiger partial charge < -0.3 is 11.5 Å². The highest BCUT2D eigenvalue weighted by Crippen LogP contribution is 2.24. The average Bonchev–Trinajstić information content (AvgIpc) is 3.05. The van der Waals surface area contributed by atoms with Crippen LogP contribution in [0.3, 0.4) is 0 Å². The van der Waals surface area contributed by atoms with Crippen LogP contribution in [0.2, 0.25) is 0 Å². The monoisotopic (exact) mass is 201 g/mol. The van der Waals surface area contributed by atoms with Crippen LogP contribution in [-0.4, -0.2) is 12.3 Å². The molecule has 0 heterocycles. The van der Waals surface area contributed by atoms with E-state index in [0.29, 0.717) is 6.04 Å². The van der Waals surface area contributed by atoms with Crippen LogP contribution in [0.4, 0.5) is 5.69 Å². The summed E-state index contributed by atoms with van der Waals surface area (Å²) in [4.78, 5) is 4.40. The molecule has 1 aromatic carbocycles. The Morgan fingerprint density at radius 3 is 2.47 bits per heavy atom. The van der Waals surface area contributed by atoms with Gasteiger partial charge in [-0.05, 0) is 30.5 Å². The fourth-order valence-electron chi connectivity index (χ4n) is 1.30. The van der Waals surface area contributed by atoms with Gasteiger partial charge in [-0.15, -0.1) is 0 Å². The summed E-state index contributed by atoms with van der Waals surface area (Å²) >= 11 is 0. The summed E-state index contributed by atoms with van der Waals surface area (Å²) < 4.78 is 0. The van der Waals surface area contributed by atoms with E-state index in [2.05, 4.69) is 4.99 Å². The van der Waals surface area contributed by atoms with Crippen molar-refractivity contribution in [2.24, 2.45) is 10.7 Å². The van der Waals surface area contributed by atoms with Crippen LogP contribution >= 0.6 is 0 Å². The molecule has 3 heteroatoms. The van der Waals surface area contributed by atoms with Gasteiger partial charge in [0.1, 0.15) is 0 Å². The Bertz CT molecular complexity index is 386. The van der Waals surface area contributed by atoms with E-state index >= 15 is 0 Å². The van der Waals surface area contributed by atoms with E-state index in [9.17, 15) is 0 Å². The van der Waals surface area contributed by atoms with Crippen LogP contribution in [0.1, 0.15) is 18.4 Å². The van der Waals surface area contributed by atoms with Gasteiger partial charge in [-0.2, -0.15) is 0 Å². The zero-order valence-electron chi connectivity index (χ0n) is 8.56. The predicted octanol–water partition coefficient (Wildman–Crippen LogP) is 1.80. The Morgan fingerprint density at radius 2 is 1.93 bits per heavy atom. The van der Waals surface area contributed by atoms with Gasteiger partial charge in [0.25, 0.3) is 0 Å². The van der Waals surface area contributed by atoms with Gasteiger partial charge in [0.15, 0.2) is 0 Å². The van der Waals surface area contributed by atoms with E-state index in [0.717, 1.165) is 16.8 Å². The summed E-state index contributed by atoms with van der Waals surface area (Å²) in [6, 6.07) is 8.15. The first-order chi connectivity index (χ1) is 7.29. The minimum absolute atomic E-state index is 0.522. The standard InChI is InChI=1S/C12H15N3/c13-7-10(8-15-12-5-6-12)9-1-3-11(14)4-2-9/h1-4,7-8,12H,5-6,13-14H2. The molecule has 3 nitrogen and oxygen atoms in total. The van der Waals surface area contributed by atoms with Crippen LogP contribution in [0.25, 0.3) is 5.57 Å². The van der Waals surface area contributed by atoms with Gasteiger partial charge >= 0.3 is 0 Å². The molecule has 1 fully saturated rings. The molecule has 15 heavy (non-hydrogen) atoms. The normalized spacial score (nSPS) is 17.2. The molecule has 0 aliphatic heterocycles.